The maximum atomic E-state index is 14.2. The Hall–Kier alpha value is -3.44. The van der Waals surface area contributed by atoms with Crippen LogP contribution in [0.25, 0.3) is 11.1 Å². The Morgan fingerprint density at radius 1 is 0.941 bits per heavy atom. The highest BCUT2D eigenvalue weighted by Gasteiger charge is 2.39. The molecule has 172 valence electrons. The van der Waals surface area contributed by atoms with Crippen molar-refractivity contribution in [2.45, 2.75) is 30.8 Å². The van der Waals surface area contributed by atoms with Crippen molar-refractivity contribution in [3.63, 3.8) is 0 Å². The molecule has 3 aromatic rings. The summed E-state index contributed by atoms with van der Waals surface area (Å²) in [7, 11) is 0. The average molecular weight is 456 g/mol. The normalized spacial score (nSPS) is 21.0. The fourth-order valence-corrected chi connectivity index (χ4v) is 5.66. The molecular weight excluding hydrogens is 429 g/mol. The van der Waals surface area contributed by atoms with Crippen LogP contribution >= 0.6 is 0 Å². The van der Waals surface area contributed by atoms with E-state index in [4.69, 9.17) is 9.47 Å². The predicted octanol–water partition coefficient (Wildman–Crippen LogP) is 5.72. The number of rotatable bonds is 4. The molecule has 2 bridgehead atoms. The Kier molecular flexibility index (Phi) is 5.42. The lowest BCUT2D eigenvalue weighted by molar-refractivity contribution is -0.0364. The number of carbonyl (C=O) groups excluding carboxylic acids is 1. The predicted molar refractivity (Wildman–Crippen MR) is 128 cm³/mol. The quantitative estimate of drug-likeness (QED) is 0.473. The molecule has 1 fully saturated rings. The van der Waals surface area contributed by atoms with Crippen LogP contribution in [0.2, 0.25) is 0 Å². The van der Waals surface area contributed by atoms with Gasteiger partial charge in [0.15, 0.2) is 0 Å². The molecule has 0 spiro atoms. The van der Waals surface area contributed by atoms with Gasteiger partial charge in [0.1, 0.15) is 12.4 Å². The van der Waals surface area contributed by atoms with E-state index in [0.717, 1.165) is 5.57 Å². The van der Waals surface area contributed by atoms with Gasteiger partial charge in [0, 0.05) is 5.92 Å². The number of carbonyl (C=O) groups is 1. The number of morpholine rings is 1. The molecule has 0 N–H and O–H groups in total. The Labute approximate surface area is 198 Å². The van der Waals surface area contributed by atoms with Crippen LogP contribution in [0.4, 0.5) is 9.18 Å². The Morgan fingerprint density at radius 3 is 2.32 bits per heavy atom. The maximum Gasteiger partial charge on any atom is 0.410 e. The molecule has 0 saturated carbocycles. The van der Waals surface area contributed by atoms with Crippen LogP contribution in [0.15, 0.2) is 84.4 Å². The SMILES string of the molecule is O=C(OCC1c2ccccc2-c2ccccc21)N1C2C=C(Cc3ccccc3F)CC1COC2. The van der Waals surface area contributed by atoms with Crippen LogP contribution in [-0.2, 0) is 15.9 Å². The molecule has 3 aromatic carbocycles. The number of hydrogen-bond acceptors (Lipinski definition) is 3. The summed E-state index contributed by atoms with van der Waals surface area (Å²) in [6.45, 7) is 1.20. The number of amides is 1. The molecule has 0 radical (unpaired) electrons. The van der Waals surface area contributed by atoms with Crippen LogP contribution in [0.3, 0.4) is 0 Å². The Morgan fingerprint density at radius 2 is 1.62 bits per heavy atom. The summed E-state index contributed by atoms with van der Waals surface area (Å²) < 4.78 is 25.8. The third kappa shape index (κ3) is 3.70. The average Bonchev–Trinajstić information content (AvgIpc) is 3.17. The smallest absolute Gasteiger partial charge is 0.410 e. The van der Waals surface area contributed by atoms with Crippen LogP contribution < -0.4 is 0 Å². The lowest BCUT2D eigenvalue weighted by Crippen LogP contribution is -2.56. The van der Waals surface area contributed by atoms with E-state index in [2.05, 4.69) is 30.3 Å². The van der Waals surface area contributed by atoms with Gasteiger partial charge in [-0.2, -0.15) is 0 Å². The summed E-state index contributed by atoms with van der Waals surface area (Å²) in [5.74, 6) is -0.159. The van der Waals surface area contributed by atoms with Crippen molar-refractivity contribution in [3.8, 4) is 11.1 Å². The Bertz CT molecular complexity index is 1220. The molecule has 1 saturated heterocycles. The molecule has 1 aliphatic carbocycles. The molecule has 3 aliphatic rings. The van der Waals surface area contributed by atoms with E-state index in [9.17, 15) is 9.18 Å². The molecule has 1 amide bonds. The molecule has 2 aliphatic heterocycles. The summed E-state index contributed by atoms with van der Waals surface area (Å²) in [5.41, 5.74) is 6.65. The number of ether oxygens (including phenoxy) is 2. The van der Waals surface area contributed by atoms with Crippen LogP contribution in [0.5, 0.6) is 0 Å². The summed E-state index contributed by atoms with van der Waals surface area (Å²) in [6.07, 6.45) is 2.97. The third-order valence-electron chi connectivity index (χ3n) is 7.20. The van der Waals surface area contributed by atoms with E-state index in [1.807, 2.05) is 41.3 Å². The van der Waals surface area contributed by atoms with E-state index < -0.39 is 0 Å². The summed E-state index contributed by atoms with van der Waals surface area (Å²) >= 11 is 0. The second-order valence-corrected chi connectivity index (χ2v) is 9.27. The first-order valence-electron chi connectivity index (χ1n) is 11.8. The van der Waals surface area contributed by atoms with Gasteiger partial charge in [-0.15, -0.1) is 0 Å². The number of nitrogens with zero attached hydrogens (tertiary/aromatic N) is 1. The lowest BCUT2D eigenvalue weighted by Gasteiger charge is -2.44. The van der Waals surface area contributed by atoms with Gasteiger partial charge in [-0.25, -0.2) is 9.18 Å². The molecular formula is C29H26FNO3. The van der Waals surface area contributed by atoms with Gasteiger partial charge in [0.25, 0.3) is 0 Å². The molecule has 4 nitrogen and oxygen atoms in total. The maximum absolute atomic E-state index is 14.2. The van der Waals surface area contributed by atoms with Gasteiger partial charge in [-0.1, -0.05) is 78.4 Å². The van der Waals surface area contributed by atoms with E-state index in [0.29, 0.717) is 38.2 Å². The van der Waals surface area contributed by atoms with E-state index in [1.54, 1.807) is 6.07 Å². The standard InChI is InChI=1S/C29H26FNO3/c30-28-12-6-1-7-20(28)13-19-14-21-16-33-17-22(15-19)31(21)29(32)34-18-27-25-10-4-2-8-23(25)24-9-3-5-11-26(24)27/h1-12,14,21-22,27H,13,15-18H2. The largest absolute Gasteiger partial charge is 0.448 e. The van der Waals surface area contributed by atoms with Gasteiger partial charge in [-0.3, -0.25) is 4.90 Å². The second-order valence-electron chi connectivity index (χ2n) is 9.27. The first-order valence-corrected chi connectivity index (χ1v) is 11.8. The Balaban J connectivity index is 1.19. The van der Waals surface area contributed by atoms with Crippen molar-refractivity contribution in [3.05, 3.63) is 107 Å². The zero-order valence-corrected chi connectivity index (χ0v) is 18.8. The number of fused-ring (bicyclic) bond motifs is 5. The fraction of sp³-hybridized carbons (Fsp3) is 0.276. The minimum Gasteiger partial charge on any atom is -0.448 e. The number of halogens is 1. The van der Waals surface area contributed by atoms with Crippen molar-refractivity contribution in [1.82, 2.24) is 4.90 Å². The molecule has 2 atom stereocenters. The van der Waals surface area contributed by atoms with Gasteiger partial charge in [0.05, 0.1) is 25.3 Å². The molecule has 34 heavy (non-hydrogen) atoms. The van der Waals surface area contributed by atoms with Crippen LogP contribution in [0, 0.1) is 5.82 Å². The van der Waals surface area contributed by atoms with Gasteiger partial charge in [-0.05, 0) is 46.7 Å². The first kappa shape index (κ1) is 21.1. The topological polar surface area (TPSA) is 38.8 Å². The van der Waals surface area contributed by atoms with Crippen molar-refractivity contribution in [2.24, 2.45) is 0 Å². The molecule has 2 heterocycles. The zero-order valence-electron chi connectivity index (χ0n) is 18.8. The lowest BCUT2D eigenvalue weighted by atomic mass is 9.90. The van der Waals surface area contributed by atoms with Crippen LogP contribution in [-0.4, -0.2) is 42.9 Å². The monoisotopic (exact) mass is 455 g/mol. The van der Waals surface area contributed by atoms with E-state index in [1.165, 1.54) is 28.3 Å². The highest BCUT2D eigenvalue weighted by Crippen LogP contribution is 2.44. The van der Waals surface area contributed by atoms with E-state index >= 15 is 0 Å². The molecule has 0 aromatic heterocycles. The van der Waals surface area contributed by atoms with E-state index in [-0.39, 0.29) is 29.9 Å². The highest BCUT2D eigenvalue weighted by atomic mass is 19.1. The van der Waals surface area contributed by atoms with Crippen molar-refractivity contribution in [1.29, 1.82) is 0 Å². The summed E-state index contributed by atoms with van der Waals surface area (Å²) in [5, 5.41) is 0. The molecule has 6 rings (SSSR count). The number of hydrogen-bond donors (Lipinski definition) is 0. The van der Waals surface area contributed by atoms with Crippen molar-refractivity contribution in [2.75, 3.05) is 19.8 Å². The minimum absolute atomic E-state index is 0.0318. The van der Waals surface area contributed by atoms with Crippen molar-refractivity contribution < 1.29 is 18.7 Å². The van der Waals surface area contributed by atoms with Crippen LogP contribution in [0.1, 0.15) is 29.0 Å². The molecule has 2 unspecified atom stereocenters. The van der Waals surface area contributed by atoms with Gasteiger partial charge in [0.2, 0.25) is 0 Å². The van der Waals surface area contributed by atoms with Crippen molar-refractivity contribution >= 4 is 6.09 Å². The third-order valence-corrected chi connectivity index (χ3v) is 7.20. The highest BCUT2D eigenvalue weighted by molar-refractivity contribution is 5.79. The summed E-state index contributed by atoms with van der Waals surface area (Å²) in [4.78, 5) is 15.1. The fourth-order valence-electron chi connectivity index (χ4n) is 5.66. The molecule has 5 heteroatoms. The first-order chi connectivity index (χ1) is 16.7. The second kappa shape index (κ2) is 8.73. The minimum atomic E-state index is -0.304. The van der Waals surface area contributed by atoms with Gasteiger partial charge < -0.3 is 9.47 Å². The zero-order chi connectivity index (χ0) is 23.1. The number of benzene rings is 3. The van der Waals surface area contributed by atoms with Gasteiger partial charge >= 0.3 is 6.09 Å². The summed E-state index contributed by atoms with van der Waals surface area (Å²) in [6, 6.07) is 23.2.